The van der Waals surface area contributed by atoms with Gasteiger partial charge in [-0.05, 0) is 18.6 Å². The van der Waals surface area contributed by atoms with E-state index in [9.17, 15) is 0 Å². The van der Waals surface area contributed by atoms with Gasteiger partial charge in [0.1, 0.15) is 0 Å². The van der Waals surface area contributed by atoms with Crippen molar-refractivity contribution in [1.82, 2.24) is 0 Å². The molecule has 0 unspecified atom stereocenters. The van der Waals surface area contributed by atoms with Crippen LogP contribution in [-0.2, 0) is 4.74 Å². The van der Waals surface area contributed by atoms with Crippen molar-refractivity contribution in [3.05, 3.63) is 53.6 Å². The normalized spacial score (nSPS) is 25.2. The van der Waals surface area contributed by atoms with Crippen molar-refractivity contribution < 1.29 is 14.2 Å². The van der Waals surface area contributed by atoms with Crippen molar-refractivity contribution in [3.63, 3.8) is 0 Å². The molecule has 4 rings (SSSR count). The Hall–Kier alpha value is -2.20. The number of para-hydroxylation sites is 2. The molecule has 2 aromatic rings. The zero-order valence-electron chi connectivity index (χ0n) is 13.4. The van der Waals surface area contributed by atoms with Crippen molar-refractivity contribution in [2.45, 2.75) is 18.6 Å². The molecule has 0 spiro atoms. The molecule has 2 aromatic carbocycles. The summed E-state index contributed by atoms with van der Waals surface area (Å²) in [6.45, 7) is 0.800. The first-order valence-electron chi connectivity index (χ1n) is 8.01. The Bertz CT molecular complexity index is 716. The maximum atomic E-state index is 6.05. The highest BCUT2D eigenvalue weighted by Gasteiger charge is 2.42. The number of rotatable bonds is 3. The Morgan fingerprint density at radius 1 is 1.00 bits per heavy atom. The lowest BCUT2D eigenvalue weighted by atomic mass is 9.80. The Labute approximate surface area is 136 Å². The maximum absolute atomic E-state index is 6.05. The van der Waals surface area contributed by atoms with Crippen LogP contribution in [0.25, 0.3) is 0 Å². The van der Waals surface area contributed by atoms with Gasteiger partial charge in [-0.15, -0.1) is 0 Å². The predicted molar refractivity (Wildman–Crippen MR) is 89.2 cm³/mol. The number of nitrogens with one attached hydrogen (secondary N) is 1. The molecule has 0 aromatic heterocycles. The smallest absolute Gasteiger partial charge is 0.165 e. The number of fused-ring (bicyclic) bond motifs is 3. The van der Waals surface area contributed by atoms with Gasteiger partial charge in [0, 0.05) is 29.3 Å². The van der Waals surface area contributed by atoms with Crippen LogP contribution in [0.1, 0.15) is 29.7 Å². The van der Waals surface area contributed by atoms with Crippen LogP contribution >= 0.6 is 0 Å². The number of anilines is 1. The summed E-state index contributed by atoms with van der Waals surface area (Å²) in [5, 5.41) is 3.70. The number of hydrogen-bond acceptors (Lipinski definition) is 4. The lowest BCUT2D eigenvalue weighted by molar-refractivity contribution is 0.0826. The SMILES string of the molecule is COc1cccc([C@@H]2Nc3ccccc3[C@@H]3OCC[C@H]23)c1OC. The molecule has 2 heterocycles. The fourth-order valence-electron chi connectivity index (χ4n) is 3.88. The minimum Gasteiger partial charge on any atom is -0.493 e. The molecular formula is C19H21NO3. The van der Waals surface area contributed by atoms with Gasteiger partial charge in [-0.1, -0.05) is 30.3 Å². The summed E-state index contributed by atoms with van der Waals surface area (Å²) in [5.74, 6) is 1.96. The number of methoxy groups -OCH3 is 2. The van der Waals surface area contributed by atoms with Crippen molar-refractivity contribution in [2.75, 3.05) is 26.1 Å². The third-order valence-electron chi connectivity index (χ3n) is 4.91. The van der Waals surface area contributed by atoms with Crippen molar-refractivity contribution in [2.24, 2.45) is 5.92 Å². The van der Waals surface area contributed by atoms with Crippen LogP contribution in [0.3, 0.4) is 0 Å². The zero-order valence-corrected chi connectivity index (χ0v) is 13.4. The van der Waals surface area contributed by atoms with Gasteiger partial charge in [-0.3, -0.25) is 0 Å². The summed E-state index contributed by atoms with van der Waals surface area (Å²) >= 11 is 0. The Morgan fingerprint density at radius 2 is 1.83 bits per heavy atom. The molecule has 120 valence electrons. The van der Waals surface area contributed by atoms with E-state index in [1.807, 2.05) is 12.1 Å². The summed E-state index contributed by atoms with van der Waals surface area (Å²) in [6.07, 6.45) is 1.19. The topological polar surface area (TPSA) is 39.7 Å². The third kappa shape index (κ3) is 2.25. The molecule has 1 fully saturated rings. The highest BCUT2D eigenvalue weighted by Crippen LogP contribution is 2.52. The maximum Gasteiger partial charge on any atom is 0.165 e. The molecule has 1 saturated heterocycles. The summed E-state index contributed by atoms with van der Waals surface area (Å²) in [6, 6.07) is 14.6. The summed E-state index contributed by atoms with van der Waals surface area (Å²) < 4.78 is 17.2. The highest BCUT2D eigenvalue weighted by atomic mass is 16.5. The molecule has 0 bridgehead atoms. The number of hydrogen-bond donors (Lipinski definition) is 1. The van der Waals surface area contributed by atoms with Gasteiger partial charge in [0.05, 0.1) is 26.4 Å². The predicted octanol–water partition coefficient (Wildman–Crippen LogP) is 3.95. The van der Waals surface area contributed by atoms with Crippen LogP contribution in [0.4, 0.5) is 5.69 Å². The summed E-state index contributed by atoms with van der Waals surface area (Å²) in [4.78, 5) is 0. The number of ether oxygens (including phenoxy) is 3. The van der Waals surface area contributed by atoms with Gasteiger partial charge in [0.25, 0.3) is 0 Å². The highest BCUT2D eigenvalue weighted by molar-refractivity contribution is 5.59. The van der Waals surface area contributed by atoms with E-state index >= 15 is 0 Å². The Balaban J connectivity index is 1.81. The van der Waals surface area contributed by atoms with Gasteiger partial charge in [-0.25, -0.2) is 0 Å². The standard InChI is InChI=1S/C19H21NO3/c1-21-16-9-5-7-13(19(16)22-2)17-14-10-11-23-18(14)12-6-3-4-8-15(12)20-17/h3-9,14,17-18,20H,10-11H2,1-2H3/t14-,17+,18+/m1/s1. The van der Waals surface area contributed by atoms with Crippen LogP contribution in [0.2, 0.25) is 0 Å². The quantitative estimate of drug-likeness (QED) is 0.932. The van der Waals surface area contributed by atoms with Gasteiger partial charge >= 0.3 is 0 Å². The first kappa shape index (κ1) is 14.4. The van der Waals surface area contributed by atoms with E-state index in [1.54, 1.807) is 14.2 Å². The minimum atomic E-state index is 0.147. The molecule has 0 aliphatic carbocycles. The van der Waals surface area contributed by atoms with Crippen LogP contribution in [0.5, 0.6) is 11.5 Å². The van der Waals surface area contributed by atoms with Crippen molar-refractivity contribution in [3.8, 4) is 11.5 Å². The molecule has 2 aliphatic rings. The Morgan fingerprint density at radius 3 is 2.65 bits per heavy atom. The van der Waals surface area contributed by atoms with Crippen molar-refractivity contribution in [1.29, 1.82) is 0 Å². The van der Waals surface area contributed by atoms with E-state index in [-0.39, 0.29) is 12.1 Å². The van der Waals surface area contributed by atoms with Crippen LogP contribution < -0.4 is 14.8 Å². The average molecular weight is 311 g/mol. The van der Waals surface area contributed by atoms with Gasteiger partial charge in [0.2, 0.25) is 0 Å². The monoisotopic (exact) mass is 311 g/mol. The van der Waals surface area contributed by atoms with E-state index in [0.29, 0.717) is 5.92 Å². The van der Waals surface area contributed by atoms with Crippen LogP contribution in [-0.4, -0.2) is 20.8 Å². The van der Waals surface area contributed by atoms with Gasteiger partial charge in [-0.2, -0.15) is 0 Å². The zero-order chi connectivity index (χ0) is 15.8. The second-order valence-corrected chi connectivity index (χ2v) is 6.04. The molecule has 2 aliphatic heterocycles. The number of benzene rings is 2. The van der Waals surface area contributed by atoms with E-state index < -0.39 is 0 Å². The average Bonchev–Trinajstić information content (AvgIpc) is 3.10. The third-order valence-corrected chi connectivity index (χ3v) is 4.91. The molecule has 0 radical (unpaired) electrons. The van der Waals surface area contributed by atoms with E-state index in [1.165, 1.54) is 5.56 Å². The minimum absolute atomic E-state index is 0.147. The molecule has 23 heavy (non-hydrogen) atoms. The molecular weight excluding hydrogens is 290 g/mol. The first-order valence-corrected chi connectivity index (χ1v) is 8.01. The molecule has 4 nitrogen and oxygen atoms in total. The van der Waals surface area contributed by atoms with Gasteiger partial charge in [0.15, 0.2) is 11.5 Å². The second-order valence-electron chi connectivity index (χ2n) is 6.04. The lowest BCUT2D eigenvalue weighted by Crippen LogP contribution is -2.29. The lowest BCUT2D eigenvalue weighted by Gasteiger charge is -2.37. The molecule has 0 saturated carbocycles. The summed E-state index contributed by atoms with van der Waals surface area (Å²) in [7, 11) is 3.37. The first-order chi connectivity index (χ1) is 11.3. The Kier molecular flexibility index (Phi) is 3.62. The fraction of sp³-hybridized carbons (Fsp3) is 0.368. The fourth-order valence-corrected chi connectivity index (χ4v) is 3.88. The van der Waals surface area contributed by atoms with Crippen LogP contribution in [0.15, 0.2) is 42.5 Å². The van der Waals surface area contributed by atoms with E-state index in [4.69, 9.17) is 14.2 Å². The molecule has 4 heteroatoms. The molecule has 3 atom stereocenters. The molecule has 1 N–H and O–H groups in total. The van der Waals surface area contributed by atoms with E-state index in [0.717, 1.165) is 35.8 Å². The molecule has 0 amide bonds. The van der Waals surface area contributed by atoms with Gasteiger partial charge < -0.3 is 19.5 Å². The van der Waals surface area contributed by atoms with E-state index in [2.05, 4.69) is 35.6 Å². The largest absolute Gasteiger partial charge is 0.493 e. The van der Waals surface area contributed by atoms with Crippen molar-refractivity contribution >= 4 is 5.69 Å². The second kappa shape index (κ2) is 5.78. The van der Waals surface area contributed by atoms with Crippen LogP contribution in [0, 0.1) is 5.92 Å². The summed E-state index contributed by atoms with van der Waals surface area (Å²) in [5.41, 5.74) is 3.53.